The molecule has 0 radical (unpaired) electrons. The van der Waals surface area contributed by atoms with Gasteiger partial charge < -0.3 is 9.80 Å². The molecule has 0 aromatic heterocycles. The van der Waals surface area contributed by atoms with E-state index >= 15 is 0 Å². The van der Waals surface area contributed by atoms with Gasteiger partial charge in [-0.1, -0.05) is 61.5 Å². The number of nitrogens with zero attached hydrogens (tertiary/aromatic N) is 2. The monoisotopic (exact) mass is 322 g/mol. The second-order valence-corrected chi connectivity index (χ2v) is 6.79. The number of aryl methyl sites for hydroxylation is 1. The van der Waals surface area contributed by atoms with Crippen LogP contribution in [0.15, 0.2) is 54.6 Å². The summed E-state index contributed by atoms with van der Waals surface area (Å²) < 4.78 is 0. The lowest BCUT2D eigenvalue weighted by Crippen LogP contribution is -2.47. The average Bonchev–Trinajstić information content (AvgIpc) is 2.66. The van der Waals surface area contributed by atoms with Gasteiger partial charge in [0.25, 0.3) is 0 Å². The molecule has 0 atom stereocenters. The number of hydrogen-bond acceptors (Lipinski definition) is 2. The van der Waals surface area contributed by atoms with Crippen molar-refractivity contribution in [2.24, 2.45) is 0 Å². The summed E-state index contributed by atoms with van der Waals surface area (Å²) in [7, 11) is 0. The second kappa shape index (κ2) is 9.00. The molecule has 0 amide bonds. The zero-order valence-corrected chi connectivity index (χ0v) is 15.0. The molecule has 1 aliphatic rings. The maximum absolute atomic E-state index is 2.63. The predicted molar refractivity (Wildman–Crippen MR) is 103 cm³/mol. The quantitative estimate of drug-likeness (QED) is 0.768. The maximum Gasteiger partial charge on any atom is 0.0110 e. The molecule has 0 bridgehead atoms. The van der Waals surface area contributed by atoms with Crippen LogP contribution in [-0.4, -0.2) is 49.1 Å². The van der Waals surface area contributed by atoms with Gasteiger partial charge in [-0.15, -0.1) is 0 Å². The van der Waals surface area contributed by atoms with Crippen molar-refractivity contribution in [1.29, 1.82) is 0 Å². The minimum Gasteiger partial charge on any atom is -0.300 e. The van der Waals surface area contributed by atoms with Gasteiger partial charge in [0.05, 0.1) is 0 Å². The Morgan fingerprint density at radius 3 is 1.83 bits per heavy atom. The predicted octanol–water partition coefficient (Wildman–Crippen LogP) is 3.65. The molecular formula is C22H30N2. The van der Waals surface area contributed by atoms with Gasteiger partial charge in [-0.05, 0) is 36.0 Å². The third kappa shape index (κ3) is 4.93. The fourth-order valence-electron chi connectivity index (χ4n) is 3.59. The van der Waals surface area contributed by atoms with Crippen molar-refractivity contribution < 1.29 is 0 Å². The van der Waals surface area contributed by atoms with E-state index < -0.39 is 0 Å². The first-order valence-electron chi connectivity index (χ1n) is 9.40. The highest BCUT2D eigenvalue weighted by molar-refractivity contribution is 5.27. The van der Waals surface area contributed by atoms with E-state index in [1.54, 1.807) is 0 Å². The minimum atomic E-state index is 1.14. The Labute approximate surface area is 147 Å². The molecule has 2 nitrogen and oxygen atoms in total. The Morgan fingerprint density at radius 2 is 1.21 bits per heavy atom. The number of hydrogen-bond donors (Lipinski definition) is 0. The molecule has 0 N–H and O–H groups in total. The summed E-state index contributed by atoms with van der Waals surface area (Å²) in [4.78, 5) is 5.24. The molecule has 1 fully saturated rings. The smallest absolute Gasteiger partial charge is 0.0110 e. The largest absolute Gasteiger partial charge is 0.300 e. The summed E-state index contributed by atoms with van der Waals surface area (Å²) in [6.07, 6.45) is 3.50. The van der Waals surface area contributed by atoms with E-state index in [1.165, 1.54) is 68.8 Å². The van der Waals surface area contributed by atoms with Crippen molar-refractivity contribution in [1.82, 2.24) is 9.80 Å². The molecule has 3 rings (SSSR count). The lowest BCUT2D eigenvalue weighted by atomic mass is 10.0. The number of rotatable bonds is 7. The summed E-state index contributed by atoms with van der Waals surface area (Å²) in [6, 6.07) is 19.8. The van der Waals surface area contributed by atoms with Crippen molar-refractivity contribution in [2.45, 2.75) is 26.2 Å². The van der Waals surface area contributed by atoms with Gasteiger partial charge in [-0.25, -0.2) is 0 Å². The van der Waals surface area contributed by atoms with Crippen LogP contribution in [-0.2, 0) is 19.3 Å². The van der Waals surface area contributed by atoms with Crippen LogP contribution in [0.3, 0.4) is 0 Å². The number of piperazine rings is 1. The molecule has 2 aromatic rings. The average molecular weight is 322 g/mol. The normalized spacial score (nSPS) is 16.4. The molecule has 1 heterocycles. The minimum absolute atomic E-state index is 1.14. The van der Waals surface area contributed by atoms with Gasteiger partial charge in [-0.3, -0.25) is 0 Å². The Morgan fingerprint density at radius 1 is 0.667 bits per heavy atom. The SMILES string of the molecule is CCc1ccccc1CCN1CCN(CCc2ccccc2)CC1. The molecule has 1 saturated heterocycles. The molecule has 2 aromatic carbocycles. The van der Waals surface area contributed by atoms with Gasteiger partial charge >= 0.3 is 0 Å². The Balaban J connectivity index is 1.39. The van der Waals surface area contributed by atoms with Gasteiger partial charge in [0.15, 0.2) is 0 Å². The van der Waals surface area contributed by atoms with Gasteiger partial charge in [-0.2, -0.15) is 0 Å². The van der Waals surface area contributed by atoms with Crippen LogP contribution in [0.1, 0.15) is 23.6 Å². The fraction of sp³-hybridized carbons (Fsp3) is 0.455. The summed E-state index contributed by atoms with van der Waals surface area (Å²) in [6.45, 7) is 9.49. The molecule has 0 aliphatic carbocycles. The third-order valence-corrected chi connectivity index (χ3v) is 5.22. The first-order valence-corrected chi connectivity index (χ1v) is 9.40. The molecule has 24 heavy (non-hydrogen) atoms. The highest BCUT2D eigenvalue weighted by Gasteiger charge is 2.16. The second-order valence-electron chi connectivity index (χ2n) is 6.79. The maximum atomic E-state index is 2.63. The molecule has 0 spiro atoms. The van der Waals surface area contributed by atoms with Crippen LogP contribution in [0.4, 0.5) is 0 Å². The highest BCUT2D eigenvalue weighted by atomic mass is 15.3. The summed E-state index contributed by atoms with van der Waals surface area (Å²) >= 11 is 0. The Hall–Kier alpha value is -1.64. The Kier molecular flexibility index (Phi) is 6.45. The van der Waals surface area contributed by atoms with Gasteiger partial charge in [0.1, 0.15) is 0 Å². The van der Waals surface area contributed by atoms with E-state index in [-0.39, 0.29) is 0 Å². The van der Waals surface area contributed by atoms with E-state index in [9.17, 15) is 0 Å². The lowest BCUT2D eigenvalue weighted by Gasteiger charge is -2.34. The zero-order valence-electron chi connectivity index (χ0n) is 15.0. The van der Waals surface area contributed by atoms with Crippen LogP contribution < -0.4 is 0 Å². The zero-order chi connectivity index (χ0) is 16.6. The van der Waals surface area contributed by atoms with Crippen molar-refractivity contribution in [3.05, 3.63) is 71.3 Å². The fourth-order valence-corrected chi connectivity index (χ4v) is 3.59. The topological polar surface area (TPSA) is 6.48 Å². The Bertz CT molecular complexity index is 600. The molecule has 0 saturated carbocycles. The van der Waals surface area contributed by atoms with Crippen LogP contribution in [0, 0.1) is 0 Å². The highest BCUT2D eigenvalue weighted by Crippen LogP contribution is 2.12. The van der Waals surface area contributed by atoms with Crippen LogP contribution in [0.5, 0.6) is 0 Å². The van der Waals surface area contributed by atoms with Gasteiger partial charge in [0.2, 0.25) is 0 Å². The van der Waals surface area contributed by atoms with Crippen LogP contribution in [0.2, 0.25) is 0 Å². The summed E-state index contributed by atoms with van der Waals surface area (Å²) in [5.74, 6) is 0. The molecule has 2 heteroatoms. The molecular weight excluding hydrogens is 292 g/mol. The first-order chi connectivity index (χ1) is 11.8. The summed E-state index contributed by atoms with van der Waals surface area (Å²) in [5.41, 5.74) is 4.50. The van der Waals surface area contributed by atoms with E-state index in [2.05, 4.69) is 71.3 Å². The molecule has 1 aliphatic heterocycles. The summed E-state index contributed by atoms with van der Waals surface area (Å²) in [5, 5.41) is 0. The van der Waals surface area contributed by atoms with E-state index in [4.69, 9.17) is 0 Å². The van der Waals surface area contributed by atoms with Crippen molar-refractivity contribution in [3.8, 4) is 0 Å². The third-order valence-electron chi connectivity index (χ3n) is 5.22. The van der Waals surface area contributed by atoms with Crippen LogP contribution >= 0.6 is 0 Å². The number of benzene rings is 2. The van der Waals surface area contributed by atoms with Crippen molar-refractivity contribution >= 4 is 0 Å². The first kappa shape index (κ1) is 17.2. The lowest BCUT2D eigenvalue weighted by molar-refractivity contribution is 0.134. The van der Waals surface area contributed by atoms with E-state index in [1.807, 2.05) is 0 Å². The van der Waals surface area contributed by atoms with E-state index in [0.29, 0.717) is 0 Å². The standard InChI is InChI=1S/C22H30N2/c1-2-21-10-6-7-11-22(21)13-15-24-18-16-23(17-19-24)14-12-20-8-4-3-5-9-20/h3-11H,2,12-19H2,1H3. The van der Waals surface area contributed by atoms with Gasteiger partial charge in [0, 0.05) is 39.3 Å². The molecule has 128 valence electrons. The van der Waals surface area contributed by atoms with E-state index in [0.717, 1.165) is 6.42 Å². The van der Waals surface area contributed by atoms with Crippen LogP contribution in [0.25, 0.3) is 0 Å². The molecule has 0 unspecified atom stereocenters. The van der Waals surface area contributed by atoms with Crippen molar-refractivity contribution in [3.63, 3.8) is 0 Å². The van der Waals surface area contributed by atoms with Crippen molar-refractivity contribution in [2.75, 3.05) is 39.3 Å².